The van der Waals surface area contributed by atoms with Gasteiger partial charge in [0.2, 0.25) is 0 Å². The zero-order chi connectivity index (χ0) is 14.5. The van der Waals surface area contributed by atoms with E-state index in [2.05, 4.69) is 22.6 Å². The molecule has 1 heterocycles. The molecule has 2 fully saturated rings. The van der Waals surface area contributed by atoms with Crippen LogP contribution in [0.15, 0.2) is 0 Å². The van der Waals surface area contributed by atoms with Gasteiger partial charge in [-0.3, -0.25) is 0 Å². The van der Waals surface area contributed by atoms with E-state index in [1.54, 1.807) is 0 Å². The molecular formula is C14H25Cl2N3O. The highest BCUT2D eigenvalue weighted by Crippen LogP contribution is 2.31. The first-order valence-corrected chi connectivity index (χ1v) is 8.44. The lowest BCUT2D eigenvalue weighted by Gasteiger charge is -2.32. The Bertz CT molecular complexity index is 322. The topological polar surface area (TPSA) is 44.4 Å². The lowest BCUT2D eigenvalue weighted by molar-refractivity contribution is 0.211. The molecule has 4 nitrogen and oxygen atoms in total. The highest BCUT2D eigenvalue weighted by Gasteiger charge is 2.30. The summed E-state index contributed by atoms with van der Waals surface area (Å²) in [5.41, 5.74) is 0. The third kappa shape index (κ3) is 4.68. The first kappa shape index (κ1) is 16.2. The number of hydrogen-bond acceptors (Lipinski definition) is 2. The van der Waals surface area contributed by atoms with Crippen molar-refractivity contribution >= 4 is 29.2 Å². The summed E-state index contributed by atoms with van der Waals surface area (Å²) in [6, 6.07) is 0.227. The first-order valence-electron chi connectivity index (χ1n) is 7.57. The molecule has 1 aliphatic heterocycles. The highest BCUT2D eigenvalue weighted by atomic mass is 35.5. The van der Waals surface area contributed by atoms with Gasteiger partial charge in [0.25, 0.3) is 0 Å². The molecule has 0 aromatic rings. The Morgan fingerprint density at radius 3 is 2.60 bits per heavy atom. The molecule has 1 aliphatic carbocycles. The van der Waals surface area contributed by atoms with E-state index >= 15 is 0 Å². The molecule has 1 saturated heterocycles. The Morgan fingerprint density at radius 1 is 1.20 bits per heavy atom. The van der Waals surface area contributed by atoms with E-state index in [1.165, 1.54) is 0 Å². The van der Waals surface area contributed by atoms with Gasteiger partial charge in [0.05, 0.1) is 10.8 Å². The number of nitrogens with one attached hydrogen (secondary N) is 2. The summed E-state index contributed by atoms with van der Waals surface area (Å²) < 4.78 is 0. The normalized spacial score (nSPS) is 32.9. The van der Waals surface area contributed by atoms with Crippen LogP contribution >= 0.6 is 23.2 Å². The van der Waals surface area contributed by atoms with E-state index in [-0.39, 0.29) is 22.7 Å². The van der Waals surface area contributed by atoms with Crippen LogP contribution in [0.5, 0.6) is 0 Å². The Morgan fingerprint density at radius 2 is 1.90 bits per heavy atom. The number of urea groups is 1. The molecule has 0 spiro atoms. The van der Waals surface area contributed by atoms with Crippen molar-refractivity contribution in [3.8, 4) is 0 Å². The third-order valence-corrected chi connectivity index (χ3v) is 5.71. The van der Waals surface area contributed by atoms with Crippen LogP contribution in [0.1, 0.15) is 32.1 Å². The van der Waals surface area contributed by atoms with Crippen molar-refractivity contribution in [3.63, 3.8) is 0 Å². The van der Waals surface area contributed by atoms with Crippen molar-refractivity contribution < 1.29 is 4.79 Å². The van der Waals surface area contributed by atoms with E-state index in [4.69, 9.17) is 23.2 Å². The Hall–Kier alpha value is -0.190. The second-order valence-corrected chi connectivity index (χ2v) is 7.15. The molecule has 0 aromatic carbocycles. The van der Waals surface area contributed by atoms with Crippen LogP contribution in [-0.4, -0.2) is 54.4 Å². The van der Waals surface area contributed by atoms with Crippen molar-refractivity contribution in [2.24, 2.45) is 5.92 Å². The van der Waals surface area contributed by atoms with Gasteiger partial charge in [-0.1, -0.05) is 6.42 Å². The number of hydrogen-bond donors (Lipinski definition) is 2. The fraction of sp³-hybridized carbons (Fsp3) is 0.929. The molecule has 20 heavy (non-hydrogen) atoms. The minimum Gasteiger partial charge on any atom is -0.338 e. The number of carbonyl (C=O) groups excluding carboxylic acids is 1. The molecule has 0 radical (unpaired) electrons. The first-order chi connectivity index (χ1) is 9.56. The molecule has 2 amide bonds. The summed E-state index contributed by atoms with van der Waals surface area (Å²) in [5.74, 6) is 0.288. The second-order valence-electron chi connectivity index (χ2n) is 6.08. The van der Waals surface area contributed by atoms with Gasteiger partial charge >= 0.3 is 6.03 Å². The predicted molar refractivity (Wildman–Crippen MR) is 83.7 cm³/mol. The Labute approximate surface area is 131 Å². The van der Waals surface area contributed by atoms with E-state index in [9.17, 15) is 4.79 Å². The van der Waals surface area contributed by atoms with Crippen molar-refractivity contribution in [3.05, 3.63) is 0 Å². The summed E-state index contributed by atoms with van der Waals surface area (Å²) in [6.07, 6.45) is 5.17. The fourth-order valence-corrected chi connectivity index (χ4v) is 3.72. The van der Waals surface area contributed by atoms with Crippen molar-refractivity contribution in [2.75, 3.05) is 26.7 Å². The maximum atomic E-state index is 11.9. The summed E-state index contributed by atoms with van der Waals surface area (Å²) in [6.45, 7) is 2.71. The maximum Gasteiger partial charge on any atom is 0.315 e. The third-order valence-electron chi connectivity index (χ3n) is 4.43. The average molecular weight is 322 g/mol. The quantitative estimate of drug-likeness (QED) is 0.784. The predicted octanol–water partition coefficient (Wildman–Crippen LogP) is 2.39. The zero-order valence-electron chi connectivity index (χ0n) is 12.1. The molecule has 3 atom stereocenters. The minimum absolute atomic E-state index is 0.0333. The molecule has 2 N–H and O–H groups in total. The van der Waals surface area contributed by atoms with Gasteiger partial charge in [0.1, 0.15) is 0 Å². The van der Waals surface area contributed by atoms with Crippen LogP contribution in [0.4, 0.5) is 4.79 Å². The molecule has 2 aliphatic rings. The van der Waals surface area contributed by atoms with Gasteiger partial charge in [-0.2, -0.15) is 0 Å². The van der Waals surface area contributed by atoms with Crippen molar-refractivity contribution in [1.82, 2.24) is 15.5 Å². The molecule has 2 rings (SSSR count). The number of likely N-dealkylation sites (tertiary alicyclic amines) is 1. The van der Waals surface area contributed by atoms with E-state index < -0.39 is 0 Å². The van der Waals surface area contributed by atoms with Crippen LogP contribution in [0.25, 0.3) is 0 Å². The summed E-state index contributed by atoms with van der Waals surface area (Å²) >= 11 is 12.5. The van der Waals surface area contributed by atoms with Gasteiger partial charge in [0.15, 0.2) is 0 Å². The van der Waals surface area contributed by atoms with E-state index in [0.29, 0.717) is 12.6 Å². The number of carbonyl (C=O) groups is 1. The molecular weight excluding hydrogens is 297 g/mol. The monoisotopic (exact) mass is 321 g/mol. The molecule has 0 aromatic heterocycles. The number of rotatable bonds is 3. The average Bonchev–Trinajstić information content (AvgIpc) is 2.43. The molecule has 1 unspecified atom stereocenters. The summed E-state index contributed by atoms with van der Waals surface area (Å²) in [5, 5.41) is 6.01. The van der Waals surface area contributed by atoms with Crippen LogP contribution in [0.2, 0.25) is 0 Å². The number of nitrogens with zero attached hydrogens (tertiary/aromatic N) is 1. The van der Waals surface area contributed by atoms with Gasteiger partial charge in [0, 0.05) is 12.6 Å². The lowest BCUT2D eigenvalue weighted by Crippen LogP contribution is -2.49. The van der Waals surface area contributed by atoms with Crippen LogP contribution < -0.4 is 10.6 Å². The fourth-order valence-electron chi connectivity index (χ4n) is 3.02. The molecule has 1 saturated carbocycles. The number of alkyl halides is 2. The SMILES string of the molecule is CN1CCC(NC(=O)NCC2CCC[C@@H](Cl)[C@H]2Cl)CC1. The van der Waals surface area contributed by atoms with Gasteiger partial charge in [-0.05, 0) is 51.7 Å². The summed E-state index contributed by atoms with van der Waals surface area (Å²) in [7, 11) is 2.11. The lowest BCUT2D eigenvalue weighted by atomic mass is 9.88. The van der Waals surface area contributed by atoms with E-state index in [0.717, 1.165) is 45.2 Å². The minimum atomic E-state index is -0.0693. The zero-order valence-corrected chi connectivity index (χ0v) is 13.6. The number of amides is 2. The Balaban J connectivity index is 1.67. The number of piperidine rings is 1. The molecule has 6 heteroatoms. The largest absolute Gasteiger partial charge is 0.338 e. The second kappa shape index (κ2) is 7.71. The van der Waals surface area contributed by atoms with Gasteiger partial charge in [-0.25, -0.2) is 4.79 Å². The number of halogens is 2. The van der Waals surface area contributed by atoms with Gasteiger partial charge < -0.3 is 15.5 Å². The van der Waals surface area contributed by atoms with Crippen molar-refractivity contribution in [1.29, 1.82) is 0 Å². The van der Waals surface area contributed by atoms with E-state index in [1.807, 2.05) is 0 Å². The smallest absolute Gasteiger partial charge is 0.315 e. The standard InChI is InChI=1S/C14H25Cl2N3O/c1-19-7-5-11(6-8-19)18-14(20)17-9-10-3-2-4-12(15)13(10)16/h10-13H,2-9H2,1H3,(H2,17,18,20)/t10?,12-,13+/m1/s1. The molecule has 116 valence electrons. The van der Waals surface area contributed by atoms with Crippen LogP contribution in [0.3, 0.4) is 0 Å². The Kier molecular flexibility index (Phi) is 6.24. The highest BCUT2D eigenvalue weighted by molar-refractivity contribution is 6.30. The summed E-state index contributed by atoms with van der Waals surface area (Å²) in [4.78, 5) is 14.2. The van der Waals surface area contributed by atoms with Crippen molar-refractivity contribution in [2.45, 2.75) is 48.9 Å². The van der Waals surface area contributed by atoms with Crippen LogP contribution in [0, 0.1) is 5.92 Å². The van der Waals surface area contributed by atoms with Crippen LogP contribution in [-0.2, 0) is 0 Å². The van der Waals surface area contributed by atoms with Gasteiger partial charge in [-0.15, -0.1) is 23.2 Å². The molecule has 0 bridgehead atoms. The maximum absolute atomic E-state index is 11.9.